The molecule has 0 radical (unpaired) electrons. The molecule has 258 valence electrons. The van der Waals surface area contributed by atoms with Gasteiger partial charge in [-0.2, -0.15) is 0 Å². The maximum Gasteiger partial charge on any atom is 0.239 e. The van der Waals surface area contributed by atoms with Crippen LogP contribution < -0.4 is 19.6 Å². The first kappa shape index (κ1) is 36.2. The molecule has 2 aromatic carbocycles. The highest BCUT2D eigenvalue weighted by Crippen LogP contribution is 2.41. The summed E-state index contributed by atoms with van der Waals surface area (Å²) in [6, 6.07) is 8.13. The molecule has 3 aromatic rings. The smallest absolute Gasteiger partial charge is 0.239 e. The van der Waals surface area contributed by atoms with Gasteiger partial charge in [-0.1, -0.05) is 43.8 Å². The summed E-state index contributed by atoms with van der Waals surface area (Å²) in [7, 11) is 1.53. The second-order valence-electron chi connectivity index (χ2n) is 12.2. The zero-order valence-electron chi connectivity index (χ0n) is 27.6. The van der Waals surface area contributed by atoms with Crippen molar-refractivity contribution in [1.82, 2.24) is 0 Å². The summed E-state index contributed by atoms with van der Waals surface area (Å²) in [6.07, 6.45) is 2.12. The summed E-state index contributed by atoms with van der Waals surface area (Å²) >= 11 is 0. The van der Waals surface area contributed by atoms with Gasteiger partial charge in [-0.05, 0) is 64.3 Å². The molecule has 11 nitrogen and oxygen atoms in total. The molecule has 5 atom stereocenters. The molecule has 0 amide bonds. The fraction of sp³-hybridized carbons (Fsp3) is 0.528. The molecule has 0 unspecified atom stereocenters. The first-order chi connectivity index (χ1) is 22.6. The molecule has 0 aliphatic carbocycles. The topological polar surface area (TPSA) is 168 Å². The van der Waals surface area contributed by atoms with Gasteiger partial charge in [0, 0.05) is 23.8 Å². The van der Waals surface area contributed by atoms with Gasteiger partial charge in [0.1, 0.15) is 46.5 Å². The summed E-state index contributed by atoms with van der Waals surface area (Å²) < 4.78 is 29.5. The Kier molecular flexibility index (Phi) is 13.1. The molecule has 1 aromatic heterocycles. The standard InChI is InChI=1S/C36H48O11/c1-21(2)12-17-25-27(44-19-11-9-7-5-6-8-10-18-37)20-26(38)28-30(40)35(47-36-32(42)31(41)29(39)22(3)45-36)33(46-34(25)28)23-13-15-24(43-4)16-14-23/h12-16,20,22,29,31-32,36-39,41-42H,5-11,17-19H2,1-4H3/t22-,29-,31+,32+,36-/m0/s1. The van der Waals surface area contributed by atoms with E-state index in [2.05, 4.69) is 0 Å². The van der Waals surface area contributed by atoms with Gasteiger partial charge >= 0.3 is 0 Å². The van der Waals surface area contributed by atoms with Crippen LogP contribution in [0.2, 0.25) is 0 Å². The van der Waals surface area contributed by atoms with Crippen LogP contribution in [0, 0.1) is 0 Å². The molecule has 1 saturated heterocycles. The van der Waals surface area contributed by atoms with Gasteiger partial charge in [0.05, 0.1) is 19.8 Å². The SMILES string of the molecule is COc1ccc(-c2oc3c(CC=C(C)C)c(OCCCCCCCCCO)cc(O)c3c(=O)c2O[C@@H]2O[C@@H](C)[C@H](O)[C@@H](O)[C@H]2O)cc1. The van der Waals surface area contributed by atoms with Crippen molar-refractivity contribution >= 4 is 11.0 Å². The number of aliphatic hydroxyl groups excluding tert-OH is 4. The number of aromatic hydroxyl groups is 1. The molecule has 47 heavy (non-hydrogen) atoms. The molecule has 0 saturated carbocycles. The Labute approximate surface area is 275 Å². The molecule has 5 N–H and O–H groups in total. The third-order valence-electron chi connectivity index (χ3n) is 8.34. The lowest BCUT2D eigenvalue weighted by Gasteiger charge is -2.38. The molecule has 0 spiro atoms. The minimum absolute atomic E-state index is 0.00501. The van der Waals surface area contributed by atoms with E-state index in [9.17, 15) is 25.2 Å². The summed E-state index contributed by atoms with van der Waals surface area (Å²) in [4.78, 5) is 14.2. The fourth-order valence-electron chi connectivity index (χ4n) is 5.53. The van der Waals surface area contributed by atoms with E-state index in [0.717, 1.165) is 50.5 Å². The Bertz CT molecular complexity index is 1540. The molecule has 0 bridgehead atoms. The zero-order chi connectivity index (χ0) is 34.1. The van der Waals surface area contributed by atoms with Crippen LogP contribution in [0.4, 0.5) is 0 Å². The number of phenols is 1. The Hall–Kier alpha value is -3.61. The number of benzene rings is 2. The summed E-state index contributed by atoms with van der Waals surface area (Å²) in [5.74, 6) is 0.252. The Balaban J connectivity index is 1.77. The lowest BCUT2D eigenvalue weighted by atomic mass is 10.00. The minimum Gasteiger partial charge on any atom is -0.507 e. The minimum atomic E-state index is -1.68. The molecule has 1 aliphatic rings. The van der Waals surface area contributed by atoms with E-state index >= 15 is 0 Å². The van der Waals surface area contributed by atoms with Crippen LogP contribution in [-0.4, -0.2) is 76.6 Å². The Morgan fingerprint density at radius 2 is 1.60 bits per heavy atom. The average molecular weight is 657 g/mol. The van der Waals surface area contributed by atoms with E-state index in [4.69, 9.17) is 28.5 Å². The van der Waals surface area contributed by atoms with Gasteiger partial charge in [0.15, 0.2) is 5.76 Å². The van der Waals surface area contributed by atoms with Crippen molar-refractivity contribution in [2.24, 2.45) is 0 Å². The van der Waals surface area contributed by atoms with Crippen LogP contribution in [0.15, 0.2) is 51.2 Å². The second-order valence-corrected chi connectivity index (χ2v) is 12.2. The fourth-order valence-corrected chi connectivity index (χ4v) is 5.53. The zero-order valence-corrected chi connectivity index (χ0v) is 27.6. The third kappa shape index (κ3) is 8.85. The van der Waals surface area contributed by atoms with Crippen LogP contribution >= 0.6 is 0 Å². The quantitative estimate of drug-likeness (QED) is 0.104. The number of methoxy groups -OCH3 is 1. The van der Waals surface area contributed by atoms with E-state index in [0.29, 0.717) is 35.7 Å². The number of rotatable bonds is 16. The predicted molar refractivity (Wildman–Crippen MR) is 177 cm³/mol. The van der Waals surface area contributed by atoms with Gasteiger partial charge in [0.25, 0.3) is 0 Å². The van der Waals surface area contributed by atoms with E-state index in [-0.39, 0.29) is 34.8 Å². The number of hydrogen-bond donors (Lipinski definition) is 5. The van der Waals surface area contributed by atoms with Crippen LogP contribution in [0.5, 0.6) is 23.0 Å². The monoisotopic (exact) mass is 656 g/mol. The maximum atomic E-state index is 14.2. The number of unbranched alkanes of at least 4 members (excludes halogenated alkanes) is 6. The van der Waals surface area contributed by atoms with Crippen molar-refractivity contribution in [3.63, 3.8) is 0 Å². The Morgan fingerprint density at radius 1 is 0.936 bits per heavy atom. The first-order valence-corrected chi connectivity index (χ1v) is 16.3. The number of hydrogen-bond acceptors (Lipinski definition) is 11. The third-order valence-corrected chi connectivity index (χ3v) is 8.34. The molecule has 1 fully saturated rings. The summed E-state index contributed by atoms with van der Waals surface area (Å²) in [6.45, 7) is 6.05. The molecule has 11 heteroatoms. The summed E-state index contributed by atoms with van der Waals surface area (Å²) in [5.41, 5.74) is 1.46. The van der Waals surface area contributed by atoms with Crippen molar-refractivity contribution < 1.29 is 48.9 Å². The number of allylic oxidation sites excluding steroid dienone is 2. The molecular weight excluding hydrogens is 608 g/mol. The maximum absolute atomic E-state index is 14.2. The number of phenolic OH excluding ortho intramolecular Hbond substituents is 1. The lowest BCUT2D eigenvalue weighted by Crippen LogP contribution is -2.58. The molecule has 1 aliphatic heterocycles. The molecular formula is C36H48O11. The highest BCUT2D eigenvalue weighted by molar-refractivity contribution is 5.91. The summed E-state index contributed by atoms with van der Waals surface area (Å²) in [5, 5.41) is 51.2. The van der Waals surface area contributed by atoms with Crippen LogP contribution in [0.3, 0.4) is 0 Å². The van der Waals surface area contributed by atoms with Gasteiger partial charge in [-0.15, -0.1) is 0 Å². The van der Waals surface area contributed by atoms with E-state index < -0.39 is 36.1 Å². The van der Waals surface area contributed by atoms with Crippen molar-refractivity contribution in [3.05, 3.63) is 57.8 Å². The van der Waals surface area contributed by atoms with E-state index in [1.165, 1.54) is 20.1 Å². The van der Waals surface area contributed by atoms with Crippen LogP contribution in [0.25, 0.3) is 22.3 Å². The van der Waals surface area contributed by atoms with Crippen LogP contribution in [0.1, 0.15) is 71.3 Å². The second kappa shape index (κ2) is 17.0. The van der Waals surface area contributed by atoms with E-state index in [1.54, 1.807) is 24.3 Å². The lowest BCUT2D eigenvalue weighted by molar-refractivity contribution is -0.268. The van der Waals surface area contributed by atoms with Gasteiger partial charge in [-0.25, -0.2) is 0 Å². The van der Waals surface area contributed by atoms with E-state index in [1.807, 2.05) is 19.9 Å². The van der Waals surface area contributed by atoms with Crippen molar-refractivity contribution in [1.29, 1.82) is 0 Å². The van der Waals surface area contributed by atoms with Crippen molar-refractivity contribution in [3.8, 4) is 34.3 Å². The number of ether oxygens (including phenoxy) is 4. The van der Waals surface area contributed by atoms with Gasteiger partial charge < -0.3 is 48.9 Å². The molecule has 4 rings (SSSR count). The highest BCUT2D eigenvalue weighted by atomic mass is 16.7. The normalized spacial score (nSPS) is 21.1. The average Bonchev–Trinajstić information content (AvgIpc) is 3.05. The highest BCUT2D eigenvalue weighted by Gasteiger charge is 2.44. The van der Waals surface area contributed by atoms with Gasteiger partial charge in [0.2, 0.25) is 17.5 Å². The van der Waals surface area contributed by atoms with Crippen LogP contribution in [-0.2, 0) is 11.2 Å². The number of fused-ring (bicyclic) bond motifs is 1. The molecule has 2 heterocycles. The number of aliphatic hydroxyl groups is 4. The van der Waals surface area contributed by atoms with Crippen molar-refractivity contribution in [2.45, 2.75) is 103 Å². The first-order valence-electron chi connectivity index (χ1n) is 16.3. The Morgan fingerprint density at radius 3 is 2.23 bits per heavy atom. The van der Waals surface area contributed by atoms with Crippen molar-refractivity contribution in [2.75, 3.05) is 20.3 Å². The van der Waals surface area contributed by atoms with Gasteiger partial charge in [-0.3, -0.25) is 4.79 Å². The largest absolute Gasteiger partial charge is 0.507 e. The predicted octanol–water partition coefficient (Wildman–Crippen LogP) is 4.99.